The van der Waals surface area contributed by atoms with Crippen LogP contribution in [0.3, 0.4) is 0 Å². The van der Waals surface area contributed by atoms with Gasteiger partial charge in [0.2, 0.25) is 5.69 Å². The molecular weight excluding hydrogens is 300 g/mol. The van der Waals surface area contributed by atoms with Gasteiger partial charge in [-0.3, -0.25) is 5.23 Å². The Balaban J connectivity index is 2.01. The number of fused-ring (bicyclic) bond motifs is 1. The highest BCUT2D eigenvalue weighted by molar-refractivity contribution is 5.81. The van der Waals surface area contributed by atoms with Crippen LogP contribution >= 0.6 is 0 Å². The molecule has 0 bridgehead atoms. The Bertz CT molecular complexity index is 827. The second-order valence-corrected chi connectivity index (χ2v) is 6.11. The van der Waals surface area contributed by atoms with Crippen LogP contribution in [-0.2, 0) is 4.94 Å². The van der Waals surface area contributed by atoms with E-state index in [1.54, 1.807) is 6.07 Å². The predicted molar refractivity (Wildman–Crippen MR) is 96.8 cm³/mol. The van der Waals surface area contributed by atoms with Crippen LogP contribution in [0.2, 0.25) is 0 Å². The lowest BCUT2D eigenvalue weighted by Crippen LogP contribution is -2.38. The minimum Gasteiger partial charge on any atom is -0.729 e. The topological polar surface area (TPSA) is 35.5 Å². The maximum Gasteiger partial charge on any atom is 0.203 e. The molecule has 0 aliphatic carbocycles. The highest BCUT2D eigenvalue weighted by Crippen LogP contribution is 2.53. The monoisotopic (exact) mass is 318 g/mol. The highest BCUT2D eigenvalue weighted by Gasteiger charge is 2.47. The minimum atomic E-state index is -0.0692. The van der Waals surface area contributed by atoms with E-state index in [0.29, 0.717) is 10.9 Å². The van der Waals surface area contributed by atoms with E-state index < -0.39 is 0 Å². The van der Waals surface area contributed by atoms with Gasteiger partial charge in [0.1, 0.15) is 5.69 Å². The molecule has 3 aromatic rings. The average molecular weight is 318 g/mol. The van der Waals surface area contributed by atoms with Crippen LogP contribution in [0.15, 0.2) is 72.8 Å². The van der Waals surface area contributed by atoms with Crippen molar-refractivity contribution in [1.29, 1.82) is 0 Å². The Morgan fingerprint density at radius 1 is 0.750 bits per heavy atom. The summed E-state index contributed by atoms with van der Waals surface area (Å²) in [7, 11) is 0. The van der Waals surface area contributed by atoms with Gasteiger partial charge in [0, 0.05) is 30.3 Å². The van der Waals surface area contributed by atoms with Gasteiger partial charge in [0.25, 0.3) is 0 Å². The fraction of sp³-hybridized carbons (Fsp3) is 0.100. The van der Waals surface area contributed by atoms with Gasteiger partial charge in [-0.15, -0.1) is 0 Å². The van der Waals surface area contributed by atoms with Crippen LogP contribution in [0.5, 0.6) is 0 Å². The first-order valence-corrected chi connectivity index (χ1v) is 7.91. The number of para-hydroxylation sites is 2. The first-order valence-electron chi connectivity index (χ1n) is 7.91. The number of hydrogen-bond acceptors (Lipinski definition) is 3. The highest BCUT2D eigenvalue weighted by atomic mass is 17.0. The van der Waals surface area contributed by atoms with Crippen LogP contribution in [0, 0.1) is 19.1 Å². The minimum absolute atomic E-state index is 0.0692. The summed E-state index contributed by atoms with van der Waals surface area (Å²) in [5.74, 6) is 0. The van der Waals surface area contributed by atoms with Crippen LogP contribution in [-0.4, -0.2) is 0 Å². The fourth-order valence-corrected chi connectivity index (χ4v) is 3.11. The van der Waals surface area contributed by atoms with Gasteiger partial charge in [-0.2, -0.15) is 0 Å². The molecular formula is C20H18N2O2. The van der Waals surface area contributed by atoms with Gasteiger partial charge < -0.3 is 5.21 Å². The van der Waals surface area contributed by atoms with Crippen molar-refractivity contribution in [3.05, 3.63) is 89.1 Å². The second-order valence-electron chi connectivity index (χ2n) is 6.11. The molecule has 0 atom stereocenters. The molecule has 1 heterocycles. The number of aryl methyl sites for hydroxylation is 2. The number of anilines is 1. The molecule has 0 unspecified atom stereocenters. The molecule has 4 rings (SSSR count). The second kappa shape index (κ2) is 5.46. The van der Waals surface area contributed by atoms with Gasteiger partial charge >= 0.3 is 0 Å². The van der Waals surface area contributed by atoms with E-state index in [1.807, 2.05) is 80.6 Å². The lowest BCUT2D eigenvalue weighted by atomic mass is 10.1. The molecule has 24 heavy (non-hydrogen) atoms. The van der Waals surface area contributed by atoms with E-state index in [1.165, 1.54) is 0 Å². The molecule has 0 radical (unpaired) electrons. The summed E-state index contributed by atoms with van der Waals surface area (Å²) < 4.78 is -0.0692. The lowest BCUT2D eigenvalue weighted by Gasteiger charge is -2.31. The Morgan fingerprint density at radius 3 is 1.79 bits per heavy atom. The van der Waals surface area contributed by atoms with E-state index in [-0.39, 0.29) is 4.65 Å². The van der Waals surface area contributed by atoms with Crippen molar-refractivity contribution in [2.45, 2.75) is 13.8 Å². The molecule has 1 aliphatic rings. The molecule has 0 fully saturated rings. The molecule has 4 nitrogen and oxygen atoms in total. The van der Waals surface area contributed by atoms with Gasteiger partial charge in [-0.25, -0.2) is 0 Å². The maximum absolute atomic E-state index is 12.4. The Morgan fingerprint density at radius 2 is 1.25 bits per heavy atom. The number of benzene rings is 3. The third-order valence-corrected chi connectivity index (χ3v) is 4.41. The van der Waals surface area contributed by atoms with Gasteiger partial charge in [0.15, 0.2) is 11.4 Å². The van der Waals surface area contributed by atoms with Crippen LogP contribution < -0.4 is 9.87 Å². The summed E-state index contributed by atoms with van der Waals surface area (Å²) in [5.41, 5.74) is 5.42. The smallest absolute Gasteiger partial charge is 0.203 e. The summed E-state index contributed by atoms with van der Waals surface area (Å²) in [5, 5.41) is 13.0. The zero-order valence-electron chi connectivity index (χ0n) is 13.6. The van der Waals surface area contributed by atoms with Crippen molar-refractivity contribution < 1.29 is 4.94 Å². The van der Waals surface area contributed by atoms with Gasteiger partial charge in [-0.05, 0) is 19.9 Å². The lowest BCUT2D eigenvalue weighted by molar-refractivity contribution is -0.0441. The molecule has 3 aromatic carbocycles. The van der Waals surface area contributed by atoms with Crippen LogP contribution in [0.4, 0.5) is 22.7 Å². The zero-order chi connectivity index (χ0) is 16.7. The Kier molecular flexibility index (Phi) is 3.39. The summed E-state index contributed by atoms with van der Waals surface area (Å²) in [6, 6.07) is 23.6. The average Bonchev–Trinajstić information content (AvgIpc) is 2.91. The maximum atomic E-state index is 12.4. The largest absolute Gasteiger partial charge is 0.729 e. The van der Waals surface area contributed by atoms with Crippen molar-refractivity contribution >= 4 is 22.7 Å². The van der Waals surface area contributed by atoms with E-state index >= 15 is 0 Å². The summed E-state index contributed by atoms with van der Waals surface area (Å²) in [6.45, 7) is 4.08. The van der Waals surface area contributed by atoms with Crippen LogP contribution in [0.1, 0.15) is 11.1 Å². The van der Waals surface area contributed by atoms with Crippen molar-refractivity contribution in [1.82, 2.24) is 4.65 Å². The van der Waals surface area contributed by atoms with E-state index in [0.717, 1.165) is 28.2 Å². The number of hydrogen-bond donors (Lipinski definition) is 0. The fourth-order valence-electron chi connectivity index (χ4n) is 3.11. The van der Waals surface area contributed by atoms with E-state index in [4.69, 9.17) is 4.94 Å². The van der Waals surface area contributed by atoms with Gasteiger partial charge in [-0.1, -0.05) is 57.1 Å². The van der Waals surface area contributed by atoms with E-state index in [9.17, 15) is 5.21 Å². The van der Waals surface area contributed by atoms with Crippen molar-refractivity contribution in [3.63, 3.8) is 0 Å². The van der Waals surface area contributed by atoms with Crippen molar-refractivity contribution in [2.75, 3.05) is 5.23 Å². The number of quaternary nitrogens is 1. The standard InChI is InChI=1S/C20H18N2O2/c1-15-7-11-17(12-8-15)22(18-13-9-16(2)10-14-18)20-6-4-3-5-19(20)21(23)24-22/h3-14H,1-2H3. The first kappa shape index (κ1) is 14.9. The summed E-state index contributed by atoms with van der Waals surface area (Å²) in [4.78, 5) is 5.89. The van der Waals surface area contributed by atoms with Crippen molar-refractivity contribution in [3.8, 4) is 0 Å². The SMILES string of the molecule is Cc1ccc([N+]2(c3ccc(C)cc3)ON([O-])c3ccccc32)cc1. The Hall–Kier alpha value is -2.66. The number of rotatable bonds is 2. The van der Waals surface area contributed by atoms with Crippen molar-refractivity contribution in [2.24, 2.45) is 0 Å². The van der Waals surface area contributed by atoms with Crippen LogP contribution in [0.25, 0.3) is 0 Å². The van der Waals surface area contributed by atoms with E-state index in [2.05, 4.69) is 0 Å². The number of nitrogens with zero attached hydrogens (tertiary/aromatic N) is 2. The quantitative estimate of drug-likeness (QED) is 0.590. The molecule has 0 saturated heterocycles. The molecule has 0 aromatic heterocycles. The molecule has 120 valence electrons. The normalized spacial score (nSPS) is 15.4. The molecule has 0 saturated carbocycles. The summed E-state index contributed by atoms with van der Waals surface area (Å²) >= 11 is 0. The zero-order valence-corrected chi connectivity index (χ0v) is 13.6. The van der Waals surface area contributed by atoms with Gasteiger partial charge in [0.05, 0.1) is 0 Å². The molecule has 4 heteroatoms. The third-order valence-electron chi connectivity index (χ3n) is 4.41. The molecule has 0 N–H and O–H groups in total. The molecule has 0 amide bonds. The summed E-state index contributed by atoms with van der Waals surface area (Å²) in [6.07, 6.45) is 0. The third kappa shape index (κ3) is 2.12. The molecule has 1 aliphatic heterocycles. The first-order chi connectivity index (χ1) is 11.6. The Labute approximate surface area is 141 Å². The predicted octanol–water partition coefficient (Wildman–Crippen LogP) is 5.44. The molecule has 0 spiro atoms.